The Hall–Kier alpha value is -1.57. The highest BCUT2D eigenvalue weighted by atomic mass is 19.4. The topological polar surface area (TPSA) is 73.1 Å². The van der Waals surface area contributed by atoms with Crippen LogP contribution in [-0.2, 0) is 6.18 Å². The summed E-state index contributed by atoms with van der Waals surface area (Å²) in [4.78, 5) is 6.71. The lowest BCUT2D eigenvalue weighted by Crippen LogP contribution is -2.14. The lowest BCUT2D eigenvalue weighted by Gasteiger charge is -2.10. The Labute approximate surface area is 77.1 Å². The van der Waals surface area contributed by atoms with E-state index in [1.54, 1.807) is 0 Å². The summed E-state index contributed by atoms with van der Waals surface area (Å²) in [6.07, 6.45) is -3.94. The largest absolute Gasteiger partial charge is 0.480 e. The standard InChI is InChI=1S/C6H7F3N4O/c1-14-4-3(6(7,8)9)2-11-5(12-4)13-10/h2H,10H2,1H3,(H,11,12,13). The molecule has 0 fully saturated rings. The van der Waals surface area contributed by atoms with Gasteiger partial charge >= 0.3 is 6.18 Å². The monoisotopic (exact) mass is 208 g/mol. The van der Waals surface area contributed by atoms with Gasteiger partial charge < -0.3 is 4.74 Å². The van der Waals surface area contributed by atoms with Crippen LogP contribution in [0, 0.1) is 0 Å². The zero-order valence-corrected chi connectivity index (χ0v) is 7.09. The molecule has 0 radical (unpaired) electrons. The Kier molecular flexibility index (Phi) is 2.75. The number of nitrogens with zero attached hydrogens (tertiary/aromatic N) is 2. The highest BCUT2D eigenvalue weighted by molar-refractivity contribution is 5.33. The molecule has 0 aliphatic rings. The van der Waals surface area contributed by atoms with Crippen molar-refractivity contribution in [1.29, 1.82) is 0 Å². The van der Waals surface area contributed by atoms with Crippen molar-refractivity contribution in [3.63, 3.8) is 0 Å². The third kappa shape index (κ3) is 2.02. The molecule has 0 unspecified atom stereocenters. The normalized spacial score (nSPS) is 11.2. The molecule has 1 heterocycles. The van der Waals surface area contributed by atoms with Gasteiger partial charge in [0, 0.05) is 6.20 Å². The molecule has 0 amide bonds. The summed E-state index contributed by atoms with van der Waals surface area (Å²) >= 11 is 0. The third-order valence-corrected chi connectivity index (χ3v) is 1.38. The summed E-state index contributed by atoms with van der Waals surface area (Å²) < 4.78 is 41.2. The Morgan fingerprint density at radius 1 is 1.50 bits per heavy atom. The van der Waals surface area contributed by atoms with Gasteiger partial charge in [-0.15, -0.1) is 0 Å². The number of hydrogen-bond donors (Lipinski definition) is 2. The van der Waals surface area contributed by atoms with E-state index >= 15 is 0 Å². The van der Waals surface area contributed by atoms with Crippen LogP contribution in [0.2, 0.25) is 0 Å². The van der Waals surface area contributed by atoms with Gasteiger partial charge in [-0.1, -0.05) is 0 Å². The molecule has 5 nitrogen and oxygen atoms in total. The van der Waals surface area contributed by atoms with Gasteiger partial charge in [-0.05, 0) is 0 Å². The fourth-order valence-electron chi connectivity index (χ4n) is 0.786. The number of halogens is 3. The van der Waals surface area contributed by atoms with Gasteiger partial charge in [0.1, 0.15) is 5.56 Å². The first-order valence-electron chi connectivity index (χ1n) is 3.44. The molecule has 0 saturated heterocycles. The van der Waals surface area contributed by atoms with Gasteiger partial charge in [-0.25, -0.2) is 10.8 Å². The maximum Gasteiger partial charge on any atom is 0.423 e. The van der Waals surface area contributed by atoms with E-state index in [0.717, 1.165) is 7.11 Å². The minimum absolute atomic E-state index is 0.144. The van der Waals surface area contributed by atoms with E-state index < -0.39 is 17.6 Å². The molecule has 0 spiro atoms. The average Bonchev–Trinajstić information content (AvgIpc) is 2.15. The van der Waals surface area contributed by atoms with E-state index in [2.05, 4.69) is 14.7 Å². The number of nitrogen functional groups attached to an aromatic ring is 1. The van der Waals surface area contributed by atoms with Crippen LogP contribution >= 0.6 is 0 Å². The molecule has 78 valence electrons. The van der Waals surface area contributed by atoms with Crippen LogP contribution in [0.3, 0.4) is 0 Å². The minimum Gasteiger partial charge on any atom is -0.480 e. The van der Waals surface area contributed by atoms with Crippen LogP contribution in [0.15, 0.2) is 6.20 Å². The van der Waals surface area contributed by atoms with Crippen LogP contribution in [0.1, 0.15) is 5.56 Å². The van der Waals surface area contributed by atoms with Crippen molar-refractivity contribution in [2.45, 2.75) is 6.18 Å². The maximum atomic E-state index is 12.3. The van der Waals surface area contributed by atoms with Crippen LogP contribution in [0.4, 0.5) is 19.1 Å². The van der Waals surface area contributed by atoms with E-state index in [4.69, 9.17) is 5.84 Å². The lowest BCUT2D eigenvalue weighted by molar-refractivity contribution is -0.139. The molecule has 1 aromatic rings. The summed E-state index contributed by atoms with van der Waals surface area (Å²) in [5.74, 6) is 4.21. The van der Waals surface area contributed by atoms with E-state index in [1.807, 2.05) is 5.43 Å². The Balaban J connectivity index is 3.18. The smallest absolute Gasteiger partial charge is 0.423 e. The molecule has 0 atom stereocenters. The molecule has 8 heteroatoms. The second kappa shape index (κ2) is 3.66. The lowest BCUT2D eigenvalue weighted by atomic mass is 10.3. The van der Waals surface area contributed by atoms with Crippen LogP contribution in [-0.4, -0.2) is 17.1 Å². The van der Waals surface area contributed by atoms with Gasteiger partial charge in [0.05, 0.1) is 7.11 Å². The van der Waals surface area contributed by atoms with Crippen molar-refractivity contribution in [3.8, 4) is 5.88 Å². The van der Waals surface area contributed by atoms with Crippen LogP contribution in [0.25, 0.3) is 0 Å². The van der Waals surface area contributed by atoms with Gasteiger partial charge in [0.25, 0.3) is 0 Å². The summed E-state index contributed by atoms with van der Waals surface area (Å²) in [7, 11) is 1.08. The fourth-order valence-corrected chi connectivity index (χ4v) is 0.786. The van der Waals surface area contributed by atoms with Crippen molar-refractivity contribution in [2.75, 3.05) is 12.5 Å². The van der Waals surface area contributed by atoms with Crippen LogP contribution < -0.4 is 16.0 Å². The van der Waals surface area contributed by atoms with E-state index in [1.165, 1.54) is 0 Å². The SMILES string of the molecule is COc1nc(NN)ncc1C(F)(F)F. The van der Waals surface area contributed by atoms with Crippen molar-refractivity contribution in [1.82, 2.24) is 9.97 Å². The molecule has 0 bridgehead atoms. The number of rotatable bonds is 2. The molecular formula is C6H7F3N4O. The number of ether oxygens (including phenoxy) is 1. The van der Waals surface area contributed by atoms with Crippen molar-refractivity contribution in [2.24, 2.45) is 5.84 Å². The van der Waals surface area contributed by atoms with Crippen LogP contribution in [0.5, 0.6) is 5.88 Å². The molecule has 1 aromatic heterocycles. The molecular weight excluding hydrogens is 201 g/mol. The van der Waals surface area contributed by atoms with Gasteiger partial charge in [0.15, 0.2) is 0 Å². The zero-order valence-electron chi connectivity index (χ0n) is 7.09. The fraction of sp³-hybridized carbons (Fsp3) is 0.333. The molecule has 3 N–H and O–H groups in total. The van der Waals surface area contributed by atoms with Gasteiger partial charge in [-0.3, -0.25) is 5.43 Å². The predicted octanol–water partition coefficient (Wildman–Crippen LogP) is 0.790. The minimum atomic E-state index is -4.54. The first-order chi connectivity index (χ1) is 6.49. The van der Waals surface area contributed by atoms with Gasteiger partial charge in [-0.2, -0.15) is 18.2 Å². The summed E-state index contributed by atoms with van der Waals surface area (Å²) in [5.41, 5.74) is 0.968. The number of methoxy groups -OCH3 is 1. The van der Waals surface area contributed by atoms with Crippen molar-refractivity contribution in [3.05, 3.63) is 11.8 Å². The number of hydrogen-bond acceptors (Lipinski definition) is 5. The number of nitrogens with two attached hydrogens (primary N) is 1. The number of alkyl halides is 3. The highest BCUT2D eigenvalue weighted by Gasteiger charge is 2.35. The molecule has 1 rings (SSSR count). The summed E-state index contributed by atoms with van der Waals surface area (Å²) in [6.45, 7) is 0. The highest BCUT2D eigenvalue weighted by Crippen LogP contribution is 2.34. The summed E-state index contributed by atoms with van der Waals surface area (Å²) in [5, 5.41) is 0. The zero-order chi connectivity index (χ0) is 10.8. The first kappa shape index (κ1) is 10.5. The van der Waals surface area contributed by atoms with E-state index in [0.29, 0.717) is 6.20 Å². The van der Waals surface area contributed by atoms with E-state index in [-0.39, 0.29) is 5.95 Å². The Bertz CT molecular complexity index is 327. The second-order valence-electron chi connectivity index (χ2n) is 2.26. The maximum absolute atomic E-state index is 12.3. The number of anilines is 1. The predicted molar refractivity (Wildman–Crippen MR) is 41.4 cm³/mol. The average molecular weight is 208 g/mol. The van der Waals surface area contributed by atoms with E-state index in [9.17, 15) is 13.2 Å². The first-order valence-corrected chi connectivity index (χ1v) is 3.44. The number of aromatic nitrogens is 2. The molecule has 14 heavy (non-hydrogen) atoms. The molecule has 0 aromatic carbocycles. The van der Waals surface area contributed by atoms with Gasteiger partial charge in [0.2, 0.25) is 11.8 Å². The van der Waals surface area contributed by atoms with Crippen molar-refractivity contribution < 1.29 is 17.9 Å². The number of nitrogens with one attached hydrogen (secondary N) is 1. The Morgan fingerprint density at radius 3 is 2.57 bits per heavy atom. The third-order valence-electron chi connectivity index (χ3n) is 1.38. The molecule has 0 saturated carbocycles. The molecule has 0 aliphatic carbocycles. The quantitative estimate of drug-likeness (QED) is 0.555. The molecule has 0 aliphatic heterocycles. The summed E-state index contributed by atoms with van der Waals surface area (Å²) in [6, 6.07) is 0. The number of hydrazine groups is 1. The Morgan fingerprint density at radius 2 is 2.14 bits per heavy atom. The second-order valence-corrected chi connectivity index (χ2v) is 2.26. The van der Waals surface area contributed by atoms with Crippen molar-refractivity contribution >= 4 is 5.95 Å².